The Morgan fingerprint density at radius 1 is 1.21 bits per heavy atom. The van der Waals surface area contributed by atoms with Crippen molar-refractivity contribution in [1.82, 2.24) is 9.97 Å². The lowest BCUT2D eigenvalue weighted by atomic mass is 10.1. The standard InChI is InChI=1S/C12H18N2O9S/c1-5(16)4-24(22)9-10(20)13-12(21)14-11(9)23-3-7(18)8(19)6(17)2-15/h6-8,15,17-19H,2-4H2,1H3,(H2,13,14,20,21). The van der Waals surface area contributed by atoms with Crippen LogP contribution in [-0.2, 0) is 15.6 Å². The summed E-state index contributed by atoms with van der Waals surface area (Å²) in [6.45, 7) is -0.343. The summed E-state index contributed by atoms with van der Waals surface area (Å²) in [5.41, 5.74) is -2.00. The Morgan fingerprint density at radius 3 is 2.38 bits per heavy atom. The largest absolute Gasteiger partial charge is 0.475 e. The molecule has 24 heavy (non-hydrogen) atoms. The van der Waals surface area contributed by atoms with Crippen LogP contribution in [0, 0.1) is 0 Å². The van der Waals surface area contributed by atoms with Crippen LogP contribution in [0.4, 0.5) is 0 Å². The highest BCUT2D eigenvalue weighted by Crippen LogP contribution is 2.14. The number of ketones is 1. The highest BCUT2D eigenvalue weighted by atomic mass is 32.2. The van der Waals surface area contributed by atoms with Gasteiger partial charge in [-0.1, -0.05) is 0 Å². The number of H-pyrrole nitrogens is 2. The van der Waals surface area contributed by atoms with Crippen LogP contribution in [0.1, 0.15) is 6.92 Å². The predicted octanol–water partition coefficient (Wildman–Crippen LogP) is -3.79. The maximum atomic E-state index is 12.0. The van der Waals surface area contributed by atoms with Crippen LogP contribution < -0.4 is 16.0 Å². The molecule has 0 aliphatic carbocycles. The fourth-order valence-corrected chi connectivity index (χ4v) is 2.74. The molecule has 6 N–H and O–H groups in total. The molecule has 0 spiro atoms. The van der Waals surface area contributed by atoms with Gasteiger partial charge in [-0.3, -0.25) is 23.8 Å². The number of Topliss-reactive ketones (excluding diaryl/α,β-unsaturated/α-hetero) is 1. The van der Waals surface area contributed by atoms with Gasteiger partial charge in [0.25, 0.3) is 5.56 Å². The van der Waals surface area contributed by atoms with E-state index in [1.165, 1.54) is 0 Å². The molecule has 0 aliphatic heterocycles. The van der Waals surface area contributed by atoms with E-state index >= 15 is 0 Å². The lowest BCUT2D eigenvalue weighted by Gasteiger charge is -2.21. The second kappa shape index (κ2) is 8.84. The zero-order valence-electron chi connectivity index (χ0n) is 12.6. The van der Waals surface area contributed by atoms with Crippen LogP contribution in [-0.4, -0.2) is 77.7 Å². The maximum Gasteiger partial charge on any atom is 0.328 e. The minimum atomic E-state index is -2.10. The molecule has 1 aromatic rings. The normalized spacial score (nSPS) is 16.2. The Kier molecular flexibility index (Phi) is 7.44. The number of carbonyl (C=O) groups excluding carboxylic acids is 1. The van der Waals surface area contributed by atoms with Crippen LogP contribution in [0.3, 0.4) is 0 Å². The van der Waals surface area contributed by atoms with Crippen LogP contribution >= 0.6 is 0 Å². The van der Waals surface area contributed by atoms with E-state index in [0.29, 0.717) is 0 Å². The first-order chi connectivity index (χ1) is 11.2. The van der Waals surface area contributed by atoms with Gasteiger partial charge < -0.3 is 25.2 Å². The molecule has 0 bridgehead atoms. The molecule has 12 heteroatoms. The first-order valence-electron chi connectivity index (χ1n) is 6.69. The molecule has 0 amide bonds. The van der Waals surface area contributed by atoms with E-state index in [9.17, 15) is 33.9 Å². The average molecular weight is 366 g/mol. The number of aromatic amines is 2. The molecule has 11 nitrogen and oxygen atoms in total. The summed E-state index contributed by atoms with van der Waals surface area (Å²) in [6.07, 6.45) is -5.06. The molecule has 1 rings (SSSR count). The summed E-state index contributed by atoms with van der Waals surface area (Å²) in [6, 6.07) is 0. The number of ether oxygens (including phenoxy) is 1. The summed E-state index contributed by atoms with van der Waals surface area (Å²) in [7, 11) is -2.10. The van der Waals surface area contributed by atoms with Gasteiger partial charge in [0.05, 0.1) is 23.2 Å². The van der Waals surface area contributed by atoms with Crippen LogP contribution in [0.15, 0.2) is 14.5 Å². The number of nitrogens with one attached hydrogen (secondary N) is 2. The minimum absolute atomic E-state index is 0.466. The Bertz CT molecular complexity index is 713. The second-order valence-electron chi connectivity index (χ2n) is 4.88. The number of aliphatic hydroxyl groups is 4. The zero-order valence-corrected chi connectivity index (χ0v) is 13.4. The number of aromatic nitrogens is 2. The third-order valence-electron chi connectivity index (χ3n) is 2.80. The number of hydrogen-bond acceptors (Lipinski definition) is 9. The minimum Gasteiger partial charge on any atom is -0.475 e. The number of carbonyl (C=O) groups is 1. The van der Waals surface area contributed by atoms with Crippen molar-refractivity contribution in [3.8, 4) is 5.88 Å². The fourth-order valence-electron chi connectivity index (χ4n) is 1.65. The summed E-state index contributed by atoms with van der Waals surface area (Å²) >= 11 is 0. The Hall–Kier alpha value is -1.86. The molecule has 4 atom stereocenters. The van der Waals surface area contributed by atoms with Gasteiger partial charge in [-0.2, -0.15) is 0 Å². The molecule has 0 radical (unpaired) electrons. The van der Waals surface area contributed by atoms with E-state index in [4.69, 9.17) is 9.84 Å². The zero-order chi connectivity index (χ0) is 18.4. The quantitative estimate of drug-likeness (QED) is 0.254. The molecule has 0 saturated carbocycles. The van der Waals surface area contributed by atoms with Crippen LogP contribution in [0.5, 0.6) is 5.88 Å². The summed E-state index contributed by atoms with van der Waals surface area (Å²) in [5.74, 6) is -1.49. The van der Waals surface area contributed by atoms with E-state index in [1.54, 1.807) is 0 Å². The Morgan fingerprint density at radius 2 is 1.83 bits per heavy atom. The van der Waals surface area contributed by atoms with Crippen molar-refractivity contribution in [3.63, 3.8) is 0 Å². The molecule has 0 saturated heterocycles. The Labute approximate surface area is 137 Å². The van der Waals surface area contributed by atoms with Crippen molar-refractivity contribution < 1.29 is 34.2 Å². The van der Waals surface area contributed by atoms with Gasteiger partial charge in [-0.15, -0.1) is 0 Å². The molecule has 1 heterocycles. The van der Waals surface area contributed by atoms with E-state index < -0.39 is 75.9 Å². The smallest absolute Gasteiger partial charge is 0.328 e. The third kappa shape index (κ3) is 5.35. The molecule has 0 fully saturated rings. The highest BCUT2D eigenvalue weighted by molar-refractivity contribution is 7.85. The van der Waals surface area contributed by atoms with Crippen LogP contribution in [0.2, 0.25) is 0 Å². The number of hydrogen-bond donors (Lipinski definition) is 6. The first kappa shape index (κ1) is 20.2. The topological polar surface area (TPSA) is 190 Å². The van der Waals surface area contributed by atoms with Crippen molar-refractivity contribution in [2.24, 2.45) is 0 Å². The molecule has 0 aromatic carbocycles. The maximum absolute atomic E-state index is 12.0. The van der Waals surface area contributed by atoms with Gasteiger partial charge >= 0.3 is 5.69 Å². The lowest BCUT2D eigenvalue weighted by Crippen LogP contribution is -2.42. The summed E-state index contributed by atoms with van der Waals surface area (Å²) in [4.78, 5) is 37.5. The van der Waals surface area contributed by atoms with E-state index in [-0.39, 0.29) is 0 Å². The molecule has 4 unspecified atom stereocenters. The number of aliphatic hydroxyl groups excluding tert-OH is 4. The SMILES string of the molecule is CC(=O)CS(=O)c1c(OCC(O)C(O)C(O)CO)[nH]c(=O)[nH]c1=O. The van der Waals surface area contributed by atoms with E-state index in [0.717, 1.165) is 6.92 Å². The van der Waals surface area contributed by atoms with Crippen molar-refractivity contribution >= 4 is 16.6 Å². The summed E-state index contributed by atoms with van der Waals surface area (Å²) in [5, 5.41) is 37.0. The van der Waals surface area contributed by atoms with Gasteiger partial charge in [0, 0.05) is 0 Å². The second-order valence-corrected chi connectivity index (χ2v) is 6.27. The fraction of sp³-hybridized carbons (Fsp3) is 0.583. The average Bonchev–Trinajstić information content (AvgIpc) is 2.49. The van der Waals surface area contributed by atoms with Crippen molar-refractivity contribution in [2.75, 3.05) is 19.0 Å². The predicted molar refractivity (Wildman–Crippen MR) is 80.2 cm³/mol. The number of rotatable bonds is 9. The first-order valence-corrected chi connectivity index (χ1v) is 8.01. The molecule has 136 valence electrons. The van der Waals surface area contributed by atoms with Gasteiger partial charge in [-0.05, 0) is 6.92 Å². The molecular formula is C12H18N2O9S. The van der Waals surface area contributed by atoms with Gasteiger partial charge in [0.2, 0.25) is 5.88 Å². The monoisotopic (exact) mass is 366 g/mol. The Balaban J connectivity index is 3.02. The van der Waals surface area contributed by atoms with Crippen molar-refractivity contribution in [2.45, 2.75) is 30.1 Å². The molecular weight excluding hydrogens is 348 g/mol. The van der Waals surface area contributed by atoms with Crippen LogP contribution in [0.25, 0.3) is 0 Å². The lowest BCUT2D eigenvalue weighted by molar-refractivity contribution is -0.114. The molecule has 1 aromatic heterocycles. The highest BCUT2D eigenvalue weighted by Gasteiger charge is 2.26. The van der Waals surface area contributed by atoms with E-state index in [2.05, 4.69) is 4.98 Å². The van der Waals surface area contributed by atoms with Crippen molar-refractivity contribution in [1.29, 1.82) is 0 Å². The van der Waals surface area contributed by atoms with Gasteiger partial charge in [0.1, 0.15) is 30.7 Å². The summed E-state index contributed by atoms with van der Waals surface area (Å²) < 4.78 is 17.0. The molecule has 0 aliphatic rings. The van der Waals surface area contributed by atoms with Crippen molar-refractivity contribution in [3.05, 3.63) is 20.8 Å². The van der Waals surface area contributed by atoms with Gasteiger partial charge in [-0.25, -0.2) is 4.79 Å². The van der Waals surface area contributed by atoms with Gasteiger partial charge in [0.15, 0.2) is 4.90 Å². The van der Waals surface area contributed by atoms with E-state index in [1.807, 2.05) is 4.98 Å². The third-order valence-corrected chi connectivity index (χ3v) is 4.30.